The topological polar surface area (TPSA) is 16.6 Å². The molecule has 0 atom stereocenters. The number of hydrogen-bond acceptors (Lipinski definition) is 1. The van der Waals surface area contributed by atoms with Crippen LogP contribution >= 0.6 is 11.3 Å². The summed E-state index contributed by atoms with van der Waals surface area (Å²) in [7, 11) is 0. The van der Waals surface area contributed by atoms with Gasteiger partial charge in [-0.05, 0) is 37.1 Å². The highest BCUT2D eigenvalue weighted by Crippen LogP contribution is 2.15. The number of hydrogen-bond donors (Lipinski definition) is 1. The van der Waals surface area contributed by atoms with Crippen LogP contribution in [0.5, 0.6) is 0 Å². The molecule has 1 aliphatic rings. The van der Waals surface area contributed by atoms with Gasteiger partial charge in [-0.2, -0.15) is 0 Å². The Kier molecular flexibility index (Phi) is 3.39. The van der Waals surface area contributed by atoms with E-state index in [4.69, 9.17) is 0 Å². The van der Waals surface area contributed by atoms with Crippen molar-refractivity contribution in [1.29, 1.82) is 0 Å². The Balaban J connectivity index is 1.72. The van der Waals surface area contributed by atoms with E-state index in [1.807, 2.05) is 11.3 Å². The van der Waals surface area contributed by atoms with Crippen molar-refractivity contribution in [2.75, 3.05) is 0 Å². The van der Waals surface area contributed by atoms with Crippen LogP contribution < -0.4 is 5.32 Å². The second kappa shape index (κ2) is 4.77. The lowest BCUT2D eigenvalue weighted by Gasteiger charge is -2.19. The third kappa shape index (κ3) is 2.82. The maximum absolute atomic E-state index is 2.53. The minimum absolute atomic E-state index is 0.913. The number of thiophene rings is 1. The van der Waals surface area contributed by atoms with Crippen LogP contribution in [0.3, 0.4) is 0 Å². The third-order valence-corrected chi connectivity index (χ3v) is 3.78. The van der Waals surface area contributed by atoms with Gasteiger partial charge in [-0.3, -0.25) is 0 Å². The van der Waals surface area contributed by atoms with E-state index in [-0.39, 0.29) is 0 Å². The average Bonchev–Trinajstić information content (AvgIpc) is 2.69. The van der Waals surface area contributed by atoms with Crippen molar-refractivity contribution < 1.29 is 5.32 Å². The standard InChI is InChI=1S/C11H17NS/c1-2-5-10(6-3-1)12-9-11-7-4-8-13-11/h4,7-8,10,12H,1-3,5-6,9H2/p+1. The van der Waals surface area contributed by atoms with E-state index in [9.17, 15) is 0 Å². The van der Waals surface area contributed by atoms with Crippen LogP contribution in [0.25, 0.3) is 0 Å². The van der Waals surface area contributed by atoms with Crippen molar-refractivity contribution in [1.82, 2.24) is 0 Å². The summed E-state index contributed by atoms with van der Waals surface area (Å²) in [5, 5.41) is 4.70. The van der Waals surface area contributed by atoms with Gasteiger partial charge >= 0.3 is 0 Å². The summed E-state index contributed by atoms with van der Waals surface area (Å²) >= 11 is 1.88. The molecule has 0 aromatic carbocycles. The molecule has 1 aliphatic carbocycles. The van der Waals surface area contributed by atoms with Gasteiger partial charge in [0.1, 0.15) is 6.54 Å². The van der Waals surface area contributed by atoms with E-state index in [0.29, 0.717) is 0 Å². The second-order valence-corrected chi connectivity index (χ2v) is 4.95. The Morgan fingerprint density at radius 3 is 2.85 bits per heavy atom. The van der Waals surface area contributed by atoms with Gasteiger partial charge < -0.3 is 5.32 Å². The molecule has 0 amide bonds. The highest BCUT2D eigenvalue weighted by Gasteiger charge is 2.15. The first-order valence-electron chi connectivity index (χ1n) is 5.31. The summed E-state index contributed by atoms with van der Waals surface area (Å²) in [6.45, 7) is 1.20. The summed E-state index contributed by atoms with van der Waals surface area (Å²) in [6.07, 6.45) is 7.23. The number of nitrogens with two attached hydrogens (primary N) is 1. The van der Waals surface area contributed by atoms with Gasteiger partial charge in [0.15, 0.2) is 0 Å². The minimum atomic E-state index is 0.913. The first-order valence-corrected chi connectivity index (χ1v) is 6.19. The van der Waals surface area contributed by atoms with Crippen molar-refractivity contribution in [2.24, 2.45) is 0 Å². The van der Waals surface area contributed by atoms with E-state index in [1.165, 1.54) is 43.5 Å². The molecule has 72 valence electrons. The molecule has 1 aromatic rings. The van der Waals surface area contributed by atoms with Crippen LogP contribution in [-0.2, 0) is 6.54 Å². The highest BCUT2D eigenvalue weighted by molar-refractivity contribution is 7.09. The normalized spacial score (nSPS) is 19.1. The molecular weight excluding hydrogens is 178 g/mol. The summed E-state index contributed by atoms with van der Waals surface area (Å²) in [4.78, 5) is 1.52. The van der Waals surface area contributed by atoms with E-state index >= 15 is 0 Å². The minimum Gasteiger partial charge on any atom is -0.339 e. The Labute approximate surface area is 84.2 Å². The fraction of sp³-hybridized carbons (Fsp3) is 0.636. The second-order valence-electron chi connectivity index (χ2n) is 3.92. The zero-order valence-corrected chi connectivity index (χ0v) is 8.85. The lowest BCUT2D eigenvalue weighted by molar-refractivity contribution is -0.706. The van der Waals surface area contributed by atoms with Crippen LogP contribution in [0.4, 0.5) is 0 Å². The maximum Gasteiger partial charge on any atom is 0.111 e. The quantitative estimate of drug-likeness (QED) is 0.763. The van der Waals surface area contributed by atoms with E-state index < -0.39 is 0 Å². The van der Waals surface area contributed by atoms with Crippen molar-refractivity contribution in [3.63, 3.8) is 0 Å². The predicted molar refractivity (Wildman–Crippen MR) is 56.8 cm³/mol. The highest BCUT2D eigenvalue weighted by atomic mass is 32.1. The van der Waals surface area contributed by atoms with Crippen molar-refractivity contribution >= 4 is 11.3 Å². The molecule has 0 radical (unpaired) electrons. The van der Waals surface area contributed by atoms with Gasteiger partial charge in [0, 0.05) is 0 Å². The first-order chi connectivity index (χ1) is 6.45. The predicted octanol–water partition coefficient (Wildman–Crippen LogP) is 2.14. The molecule has 0 aliphatic heterocycles. The lowest BCUT2D eigenvalue weighted by atomic mass is 9.95. The summed E-state index contributed by atoms with van der Waals surface area (Å²) < 4.78 is 0. The summed E-state index contributed by atoms with van der Waals surface area (Å²) in [6, 6.07) is 5.30. The van der Waals surface area contributed by atoms with Gasteiger partial charge in [0.25, 0.3) is 0 Å². The van der Waals surface area contributed by atoms with Crippen LogP contribution in [-0.4, -0.2) is 6.04 Å². The molecule has 1 fully saturated rings. The molecule has 1 saturated carbocycles. The fourth-order valence-corrected chi connectivity index (χ4v) is 2.76. The zero-order valence-electron chi connectivity index (χ0n) is 8.04. The molecule has 1 aromatic heterocycles. The van der Waals surface area contributed by atoms with Gasteiger partial charge in [-0.1, -0.05) is 12.5 Å². The smallest absolute Gasteiger partial charge is 0.111 e. The van der Waals surface area contributed by atoms with E-state index in [1.54, 1.807) is 0 Å². The van der Waals surface area contributed by atoms with Crippen molar-refractivity contribution in [2.45, 2.75) is 44.7 Å². The molecular formula is C11H18NS+. The van der Waals surface area contributed by atoms with E-state index in [0.717, 1.165) is 6.04 Å². The fourth-order valence-electron chi connectivity index (χ4n) is 2.08. The molecule has 2 N–H and O–H groups in total. The average molecular weight is 196 g/mol. The molecule has 1 heterocycles. The largest absolute Gasteiger partial charge is 0.339 e. The van der Waals surface area contributed by atoms with Gasteiger partial charge in [0.2, 0.25) is 0 Å². The van der Waals surface area contributed by atoms with Gasteiger partial charge in [0.05, 0.1) is 10.9 Å². The Bertz CT molecular complexity index is 224. The van der Waals surface area contributed by atoms with Crippen LogP contribution in [0.1, 0.15) is 37.0 Å². The van der Waals surface area contributed by atoms with Gasteiger partial charge in [-0.15, -0.1) is 11.3 Å². The van der Waals surface area contributed by atoms with E-state index in [2.05, 4.69) is 22.8 Å². The Morgan fingerprint density at radius 2 is 2.15 bits per heavy atom. The molecule has 2 rings (SSSR count). The Morgan fingerprint density at radius 1 is 1.31 bits per heavy atom. The summed E-state index contributed by atoms with van der Waals surface area (Å²) in [5.41, 5.74) is 0. The third-order valence-electron chi connectivity index (χ3n) is 2.88. The number of rotatable bonds is 3. The number of quaternary nitrogens is 1. The zero-order chi connectivity index (χ0) is 8.93. The van der Waals surface area contributed by atoms with Gasteiger partial charge in [-0.25, -0.2) is 0 Å². The maximum atomic E-state index is 2.53. The van der Waals surface area contributed by atoms with Crippen LogP contribution in [0, 0.1) is 0 Å². The first kappa shape index (κ1) is 9.22. The molecule has 0 spiro atoms. The van der Waals surface area contributed by atoms with Crippen molar-refractivity contribution in [3.05, 3.63) is 22.4 Å². The molecule has 0 saturated heterocycles. The molecule has 0 bridgehead atoms. The summed E-state index contributed by atoms with van der Waals surface area (Å²) in [5.74, 6) is 0. The lowest BCUT2D eigenvalue weighted by Crippen LogP contribution is -2.88. The van der Waals surface area contributed by atoms with Crippen LogP contribution in [0.2, 0.25) is 0 Å². The molecule has 2 heteroatoms. The molecule has 13 heavy (non-hydrogen) atoms. The van der Waals surface area contributed by atoms with Crippen LogP contribution in [0.15, 0.2) is 17.5 Å². The van der Waals surface area contributed by atoms with Crippen molar-refractivity contribution in [3.8, 4) is 0 Å². The Hall–Kier alpha value is -0.340. The SMILES string of the molecule is c1csc(C[NH2+]C2CCCCC2)c1. The molecule has 0 unspecified atom stereocenters. The monoisotopic (exact) mass is 196 g/mol. The molecule has 1 nitrogen and oxygen atoms in total.